The summed E-state index contributed by atoms with van der Waals surface area (Å²) in [7, 11) is 0. The van der Waals surface area contributed by atoms with E-state index in [4.69, 9.17) is 5.73 Å². The predicted octanol–water partition coefficient (Wildman–Crippen LogP) is 6.98. The van der Waals surface area contributed by atoms with Gasteiger partial charge in [0.05, 0.1) is 11.3 Å². The van der Waals surface area contributed by atoms with Gasteiger partial charge < -0.3 is 5.73 Å². The van der Waals surface area contributed by atoms with Gasteiger partial charge in [0, 0.05) is 17.8 Å². The maximum absolute atomic E-state index is 15.8. The van der Waals surface area contributed by atoms with Gasteiger partial charge in [0.2, 0.25) is 0 Å². The summed E-state index contributed by atoms with van der Waals surface area (Å²) in [6.45, 7) is 5.06. The highest BCUT2D eigenvalue weighted by atomic mass is 19.4. The second-order valence-corrected chi connectivity index (χ2v) is 8.52. The van der Waals surface area contributed by atoms with E-state index >= 15 is 4.39 Å². The Bertz CT molecular complexity index is 1020. The molecule has 0 aliphatic heterocycles. The summed E-state index contributed by atoms with van der Waals surface area (Å²) in [5, 5.41) is 0. The number of nitrogens with zero attached hydrogens (tertiary/aromatic N) is 1. The van der Waals surface area contributed by atoms with Crippen molar-refractivity contribution in [3.8, 4) is 0 Å². The fraction of sp³-hybridized carbons (Fsp3) is 0.423. The van der Waals surface area contributed by atoms with E-state index in [0.717, 1.165) is 30.9 Å². The van der Waals surface area contributed by atoms with E-state index in [9.17, 15) is 13.2 Å². The lowest BCUT2D eigenvalue weighted by molar-refractivity contribution is -0.138. The van der Waals surface area contributed by atoms with E-state index in [2.05, 4.69) is 4.99 Å². The van der Waals surface area contributed by atoms with Gasteiger partial charge in [0.25, 0.3) is 0 Å². The highest BCUT2D eigenvalue weighted by Crippen LogP contribution is 2.41. The first-order chi connectivity index (χ1) is 15.1. The Labute approximate surface area is 187 Å². The average molecular weight is 447 g/mol. The number of aliphatic imine (C=N–C) groups is 1. The Morgan fingerprint density at radius 2 is 1.91 bits per heavy atom. The first-order valence-corrected chi connectivity index (χ1v) is 11.1. The Morgan fingerprint density at radius 3 is 2.47 bits per heavy atom. The molecule has 1 aliphatic carbocycles. The number of nitrogens with two attached hydrogens (primary N) is 1. The molecule has 3 rings (SSSR count). The largest absolute Gasteiger partial charge is 0.416 e. The molecule has 1 unspecified atom stereocenters. The van der Waals surface area contributed by atoms with Gasteiger partial charge in [-0.05, 0) is 86.8 Å². The maximum atomic E-state index is 15.8. The maximum Gasteiger partial charge on any atom is 0.416 e. The number of hydrogen-bond donors (Lipinski definition) is 1. The summed E-state index contributed by atoms with van der Waals surface area (Å²) in [5.74, 6) is -0.0354. The molecule has 2 aromatic rings. The van der Waals surface area contributed by atoms with Crippen LogP contribution in [-0.4, -0.2) is 12.3 Å². The third kappa shape index (κ3) is 5.29. The van der Waals surface area contributed by atoms with Crippen molar-refractivity contribution in [1.82, 2.24) is 0 Å². The number of alkyl halides is 3. The van der Waals surface area contributed by atoms with Crippen LogP contribution in [0.3, 0.4) is 0 Å². The average Bonchev–Trinajstić information content (AvgIpc) is 2.68. The molecule has 0 spiro atoms. The van der Waals surface area contributed by atoms with Crippen LogP contribution < -0.4 is 5.73 Å². The Morgan fingerprint density at radius 1 is 1.19 bits per heavy atom. The Hall–Kier alpha value is -2.47. The molecule has 2 N–H and O–H groups in total. The van der Waals surface area contributed by atoms with Crippen molar-refractivity contribution in [2.45, 2.75) is 71.0 Å². The van der Waals surface area contributed by atoms with Crippen LogP contribution in [0.5, 0.6) is 0 Å². The van der Waals surface area contributed by atoms with Crippen molar-refractivity contribution in [3.63, 3.8) is 0 Å². The zero-order valence-corrected chi connectivity index (χ0v) is 18.8. The van der Waals surface area contributed by atoms with E-state index < -0.39 is 11.7 Å². The summed E-state index contributed by atoms with van der Waals surface area (Å²) >= 11 is 0. The highest BCUT2D eigenvalue weighted by Gasteiger charge is 2.33. The minimum atomic E-state index is -4.40. The molecular formula is C26H30F4N2. The smallest absolute Gasteiger partial charge is 0.323 e. The number of benzene rings is 2. The predicted molar refractivity (Wildman–Crippen MR) is 122 cm³/mol. The molecule has 172 valence electrons. The topological polar surface area (TPSA) is 38.4 Å². The number of rotatable bonds is 7. The molecule has 0 saturated heterocycles. The van der Waals surface area contributed by atoms with Crippen LogP contribution >= 0.6 is 0 Å². The molecule has 1 aliphatic rings. The lowest BCUT2D eigenvalue weighted by Gasteiger charge is -2.29. The fourth-order valence-electron chi connectivity index (χ4n) is 4.21. The van der Waals surface area contributed by atoms with Crippen LogP contribution in [0, 0.1) is 12.7 Å². The first kappa shape index (κ1) is 24.2. The molecule has 0 heterocycles. The molecule has 2 aromatic carbocycles. The summed E-state index contributed by atoms with van der Waals surface area (Å²) < 4.78 is 55.7. The number of hydrogen-bond acceptors (Lipinski definition) is 2. The zero-order chi connectivity index (χ0) is 23.5. The van der Waals surface area contributed by atoms with Gasteiger partial charge in [0.15, 0.2) is 0 Å². The Balaban J connectivity index is 1.98. The monoisotopic (exact) mass is 446 g/mol. The normalized spacial score (nSPS) is 16.4. The van der Waals surface area contributed by atoms with Gasteiger partial charge in [-0.15, -0.1) is 0 Å². The second kappa shape index (κ2) is 9.99. The van der Waals surface area contributed by atoms with Gasteiger partial charge in [-0.3, -0.25) is 4.99 Å². The molecule has 1 atom stereocenters. The van der Waals surface area contributed by atoms with Crippen molar-refractivity contribution < 1.29 is 17.6 Å². The van der Waals surface area contributed by atoms with Gasteiger partial charge in [-0.2, -0.15) is 13.2 Å². The van der Waals surface area contributed by atoms with Crippen LogP contribution in [0.2, 0.25) is 0 Å². The third-order valence-electron chi connectivity index (χ3n) is 6.22. The Kier molecular flexibility index (Phi) is 7.55. The van der Waals surface area contributed by atoms with E-state index in [1.54, 1.807) is 38.3 Å². The van der Waals surface area contributed by atoms with E-state index in [1.807, 2.05) is 6.07 Å². The van der Waals surface area contributed by atoms with Crippen molar-refractivity contribution in [3.05, 3.63) is 75.6 Å². The fourth-order valence-corrected chi connectivity index (χ4v) is 4.21. The van der Waals surface area contributed by atoms with E-state index in [0.29, 0.717) is 41.1 Å². The zero-order valence-electron chi connectivity index (χ0n) is 18.8. The SMILES string of the molecule is C/C=C(\N=CC(C)N)c1ccc(C2CCC2)c(CCc2cccc(C(F)(F)F)c2C)c1F. The molecule has 0 amide bonds. The minimum Gasteiger partial charge on any atom is -0.323 e. The van der Waals surface area contributed by atoms with Gasteiger partial charge in [-0.1, -0.05) is 30.7 Å². The van der Waals surface area contributed by atoms with Gasteiger partial charge >= 0.3 is 6.18 Å². The van der Waals surface area contributed by atoms with Gasteiger partial charge in [-0.25, -0.2) is 4.39 Å². The van der Waals surface area contributed by atoms with Crippen LogP contribution in [0.25, 0.3) is 5.70 Å². The molecule has 0 aromatic heterocycles. The lowest BCUT2D eigenvalue weighted by Crippen LogP contribution is -2.16. The van der Waals surface area contributed by atoms with Crippen molar-refractivity contribution in [1.29, 1.82) is 0 Å². The molecular weight excluding hydrogens is 416 g/mol. The van der Waals surface area contributed by atoms with Crippen molar-refractivity contribution in [2.75, 3.05) is 0 Å². The number of aryl methyl sites for hydroxylation is 1. The molecule has 6 heteroatoms. The summed E-state index contributed by atoms with van der Waals surface area (Å²) in [6.07, 6.45) is 2.70. The van der Waals surface area contributed by atoms with E-state index in [-0.39, 0.29) is 17.4 Å². The van der Waals surface area contributed by atoms with Crippen molar-refractivity contribution in [2.24, 2.45) is 10.7 Å². The molecule has 2 nitrogen and oxygen atoms in total. The third-order valence-corrected chi connectivity index (χ3v) is 6.22. The minimum absolute atomic E-state index is 0.206. The molecule has 0 radical (unpaired) electrons. The van der Waals surface area contributed by atoms with Crippen LogP contribution in [-0.2, 0) is 19.0 Å². The second-order valence-electron chi connectivity index (χ2n) is 8.52. The van der Waals surface area contributed by atoms with Gasteiger partial charge in [0.1, 0.15) is 5.82 Å². The first-order valence-electron chi connectivity index (χ1n) is 11.1. The van der Waals surface area contributed by atoms with Crippen molar-refractivity contribution >= 4 is 11.9 Å². The molecule has 0 bridgehead atoms. The highest BCUT2D eigenvalue weighted by molar-refractivity contribution is 5.76. The van der Waals surface area contributed by atoms with Crippen LogP contribution in [0.15, 0.2) is 41.4 Å². The van der Waals surface area contributed by atoms with Crippen LogP contribution in [0.1, 0.15) is 72.4 Å². The number of allylic oxidation sites excluding steroid dienone is 1. The summed E-state index contributed by atoms with van der Waals surface area (Å²) in [6, 6.07) is 7.67. The standard InChI is InChI=1S/C26H30F4N2/c1-4-24(32-15-16(2)31)22-14-13-20(19-8-5-9-19)21(25(22)27)12-11-18-7-6-10-23(17(18)3)26(28,29)30/h4,6-7,10,13-16,19H,5,8-9,11-12,31H2,1-3H3/b24-4-,32-15?. The van der Waals surface area contributed by atoms with E-state index in [1.165, 1.54) is 13.0 Å². The molecule has 32 heavy (non-hydrogen) atoms. The number of halogens is 4. The van der Waals surface area contributed by atoms with Crippen LogP contribution in [0.4, 0.5) is 17.6 Å². The summed E-state index contributed by atoms with van der Waals surface area (Å²) in [5.41, 5.74) is 8.35. The molecule has 1 fully saturated rings. The molecule has 1 saturated carbocycles. The quantitative estimate of drug-likeness (QED) is 0.361. The summed E-state index contributed by atoms with van der Waals surface area (Å²) in [4.78, 5) is 4.34. The lowest BCUT2D eigenvalue weighted by atomic mass is 9.76.